The maximum absolute atomic E-state index is 5.47. The van der Waals surface area contributed by atoms with Gasteiger partial charge < -0.3 is 15.0 Å². The lowest BCUT2D eigenvalue weighted by Gasteiger charge is -2.27. The van der Waals surface area contributed by atoms with Gasteiger partial charge in [0.1, 0.15) is 0 Å². The fourth-order valence-electron chi connectivity index (χ4n) is 3.62. The maximum atomic E-state index is 5.47. The highest BCUT2D eigenvalue weighted by Crippen LogP contribution is 2.20. The van der Waals surface area contributed by atoms with Gasteiger partial charge in [0.2, 0.25) is 17.8 Å². The predicted octanol–water partition coefficient (Wildman–Crippen LogP) is 3.75. The summed E-state index contributed by atoms with van der Waals surface area (Å²) in [5.74, 6) is 1.39. The fourth-order valence-corrected chi connectivity index (χ4v) is 3.62. The van der Waals surface area contributed by atoms with Gasteiger partial charge in [0.15, 0.2) is 0 Å². The number of hydrogen-bond acceptors (Lipinski definition) is 9. The van der Waals surface area contributed by atoms with Crippen LogP contribution in [0.1, 0.15) is 11.1 Å². The van der Waals surface area contributed by atoms with Crippen LogP contribution in [-0.4, -0.2) is 52.5 Å². The lowest BCUT2D eigenvalue weighted by atomic mass is 10.1. The third kappa shape index (κ3) is 5.04. The van der Waals surface area contributed by atoms with Crippen molar-refractivity contribution < 1.29 is 4.74 Å². The number of benzene rings is 2. The predicted molar refractivity (Wildman–Crippen MR) is 130 cm³/mol. The van der Waals surface area contributed by atoms with E-state index in [0.717, 1.165) is 40.8 Å². The van der Waals surface area contributed by atoms with Crippen LogP contribution in [-0.2, 0) is 4.74 Å². The Balaban J connectivity index is 1.42. The Kier molecular flexibility index (Phi) is 6.03. The lowest BCUT2D eigenvalue weighted by molar-refractivity contribution is 0.122. The number of nitrogens with zero attached hydrogens (tertiary/aromatic N) is 6. The first-order valence-corrected chi connectivity index (χ1v) is 10.8. The summed E-state index contributed by atoms with van der Waals surface area (Å²) in [7, 11) is 0. The molecule has 166 valence electrons. The molecule has 0 unspecified atom stereocenters. The van der Waals surface area contributed by atoms with Crippen LogP contribution in [0.25, 0.3) is 10.9 Å². The van der Waals surface area contributed by atoms with Crippen molar-refractivity contribution in [1.82, 2.24) is 19.9 Å². The number of ether oxygens (including phenoxy) is 1. The van der Waals surface area contributed by atoms with E-state index in [9.17, 15) is 0 Å². The van der Waals surface area contributed by atoms with E-state index in [1.165, 1.54) is 0 Å². The van der Waals surface area contributed by atoms with E-state index < -0.39 is 0 Å². The van der Waals surface area contributed by atoms with Crippen molar-refractivity contribution in [2.45, 2.75) is 6.92 Å². The quantitative estimate of drug-likeness (QED) is 0.345. The van der Waals surface area contributed by atoms with Crippen LogP contribution in [0.15, 0.2) is 65.9 Å². The summed E-state index contributed by atoms with van der Waals surface area (Å²) in [6.07, 6.45) is 3.52. The molecule has 0 amide bonds. The molecule has 4 aromatic rings. The van der Waals surface area contributed by atoms with Crippen LogP contribution in [0, 0.1) is 6.92 Å². The number of aromatic nitrogens is 4. The van der Waals surface area contributed by atoms with Crippen LogP contribution in [0.4, 0.5) is 23.5 Å². The number of fused-ring (bicyclic) bond motifs is 1. The SMILES string of the molecule is Cc1cccc(Nc2nc(N/N=C/c3ccnc4ccccc34)nc(N3CCOCC3)n2)c1. The van der Waals surface area contributed by atoms with Crippen molar-refractivity contribution in [3.8, 4) is 0 Å². The summed E-state index contributed by atoms with van der Waals surface area (Å²) in [6, 6.07) is 17.9. The largest absolute Gasteiger partial charge is 0.378 e. The van der Waals surface area contributed by atoms with E-state index >= 15 is 0 Å². The van der Waals surface area contributed by atoms with E-state index in [1.807, 2.05) is 61.5 Å². The summed E-state index contributed by atoms with van der Waals surface area (Å²) in [5, 5.41) is 8.69. The first-order chi connectivity index (χ1) is 16.2. The molecule has 9 heteroatoms. The first-order valence-electron chi connectivity index (χ1n) is 10.8. The van der Waals surface area contributed by atoms with E-state index in [1.54, 1.807) is 12.4 Å². The van der Waals surface area contributed by atoms with Crippen molar-refractivity contribution in [2.24, 2.45) is 5.10 Å². The fraction of sp³-hybridized carbons (Fsp3) is 0.208. The van der Waals surface area contributed by atoms with Crippen molar-refractivity contribution in [3.63, 3.8) is 0 Å². The van der Waals surface area contributed by atoms with Crippen LogP contribution in [0.5, 0.6) is 0 Å². The van der Waals surface area contributed by atoms with Crippen molar-refractivity contribution in [3.05, 3.63) is 71.9 Å². The first kappa shape index (κ1) is 20.8. The highest BCUT2D eigenvalue weighted by Gasteiger charge is 2.16. The minimum Gasteiger partial charge on any atom is -0.378 e. The highest BCUT2D eigenvalue weighted by atomic mass is 16.5. The Morgan fingerprint density at radius 1 is 0.970 bits per heavy atom. The zero-order valence-electron chi connectivity index (χ0n) is 18.3. The Bertz CT molecular complexity index is 1280. The molecule has 0 atom stereocenters. The van der Waals surface area contributed by atoms with Crippen molar-refractivity contribution in [2.75, 3.05) is 41.9 Å². The van der Waals surface area contributed by atoms with Crippen LogP contribution in [0.3, 0.4) is 0 Å². The zero-order valence-corrected chi connectivity index (χ0v) is 18.3. The molecular weight excluding hydrogens is 416 g/mol. The van der Waals surface area contributed by atoms with Gasteiger partial charge in [-0.2, -0.15) is 20.1 Å². The second-order valence-corrected chi connectivity index (χ2v) is 7.66. The Morgan fingerprint density at radius 2 is 1.82 bits per heavy atom. The maximum Gasteiger partial charge on any atom is 0.250 e. The molecule has 0 radical (unpaired) electrons. The molecule has 0 bridgehead atoms. The average molecular weight is 441 g/mol. The topological polar surface area (TPSA) is 100 Å². The second-order valence-electron chi connectivity index (χ2n) is 7.66. The molecule has 3 heterocycles. The molecule has 2 aromatic carbocycles. The van der Waals surface area contributed by atoms with Gasteiger partial charge in [-0.1, -0.05) is 30.3 Å². The number of hydrazone groups is 1. The minimum atomic E-state index is 0.358. The summed E-state index contributed by atoms with van der Waals surface area (Å²) in [5.41, 5.74) is 6.89. The third-order valence-electron chi connectivity index (χ3n) is 5.24. The molecule has 1 fully saturated rings. The number of nitrogens with one attached hydrogen (secondary N) is 2. The van der Waals surface area contributed by atoms with Gasteiger partial charge in [0.05, 0.1) is 24.9 Å². The molecule has 0 saturated carbocycles. The summed E-state index contributed by atoms with van der Waals surface area (Å²) in [4.78, 5) is 20.2. The van der Waals surface area contributed by atoms with Crippen molar-refractivity contribution in [1.29, 1.82) is 0 Å². The normalized spacial score (nSPS) is 14.0. The molecular formula is C24H24N8O. The summed E-state index contributed by atoms with van der Waals surface area (Å²) >= 11 is 0. The molecule has 2 N–H and O–H groups in total. The number of pyridine rings is 1. The van der Waals surface area contributed by atoms with Gasteiger partial charge in [-0.05, 0) is 36.8 Å². The van der Waals surface area contributed by atoms with Crippen LogP contribution in [0.2, 0.25) is 0 Å². The number of aryl methyl sites for hydroxylation is 1. The smallest absolute Gasteiger partial charge is 0.250 e. The highest BCUT2D eigenvalue weighted by molar-refractivity contribution is 5.98. The number of rotatable bonds is 6. The van der Waals surface area contributed by atoms with Crippen LogP contribution < -0.4 is 15.6 Å². The molecule has 2 aromatic heterocycles. The lowest BCUT2D eigenvalue weighted by Crippen LogP contribution is -2.37. The van der Waals surface area contributed by atoms with Crippen molar-refractivity contribution >= 4 is 40.6 Å². The number of para-hydroxylation sites is 1. The summed E-state index contributed by atoms with van der Waals surface area (Å²) < 4.78 is 5.47. The van der Waals surface area contributed by atoms with E-state index in [0.29, 0.717) is 31.1 Å². The van der Waals surface area contributed by atoms with Gasteiger partial charge in [-0.3, -0.25) is 4.98 Å². The molecule has 5 rings (SSSR count). The molecule has 1 aliphatic rings. The molecule has 33 heavy (non-hydrogen) atoms. The standard InChI is InChI=1S/C24H24N8O/c1-17-5-4-6-19(15-17)27-22-28-23(30-24(29-22)32-11-13-33-14-12-32)31-26-16-18-9-10-25-21-8-3-2-7-20(18)21/h2-10,15-16H,11-14H2,1H3,(H2,27,28,29,30,31)/b26-16+. The summed E-state index contributed by atoms with van der Waals surface area (Å²) in [6.45, 7) is 4.77. The Morgan fingerprint density at radius 3 is 2.70 bits per heavy atom. The average Bonchev–Trinajstić information content (AvgIpc) is 2.85. The second kappa shape index (κ2) is 9.58. The van der Waals surface area contributed by atoms with Gasteiger partial charge in [0.25, 0.3) is 0 Å². The monoisotopic (exact) mass is 440 g/mol. The number of morpholine rings is 1. The minimum absolute atomic E-state index is 0.358. The Hall–Kier alpha value is -4.11. The van der Waals surface area contributed by atoms with Gasteiger partial charge in [0, 0.05) is 35.9 Å². The third-order valence-corrected chi connectivity index (χ3v) is 5.24. The number of hydrogen-bond donors (Lipinski definition) is 2. The van der Waals surface area contributed by atoms with Gasteiger partial charge >= 0.3 is 0 Å². The molecule has 1 aliphatic heterocycles. The molecule has 0 aliphatic carbocycles. The Labute approximate surface area is 191 Å². The van der Waals surface area contributed by atoms with E-state index in [4.69, 9.17) is 4.74 Å². The van der Waals surface area contributed by atoms with Gasteiger partial charge in [-0.25, -0.2) is 5.43 Å². The van der Waals surface area contributed by atoms with Crippen LogP contribution >= 0.6 is 0 Å². The van der Waals surface area contributed by atoms with E-state index in [-0.39, 0.29) is 0 Å². The van der Waals surface area contributed by atoms with E-state index in [2.05, 4.69) is 40.7 Å². The molecule has 0 spiro atoms. The zero-order chi connectivity index (χ0) is 22.5. The molecule has 1 saturated heterocycles. The molecule has 9 nitrogen and oxygen atoms in total. The number of anilines is 4. The van der Waals surface area contributed by atoms with Gasteiger partial charge in [-0.15, -0.1) is 0 Å².